The molecule has 0 bridgehead atoms. The van der Waals surface area contributed by atoms with Crippen molar-refractivity contribution in [3.63, 3.8) is 0 Å². The molecule has 0 aromatic carbocycles. The van der Waals surface area contributed by atoms with Crippen LogP contribution in [0.3, 0.4) is 0 Å². The predicted octanol–water partition coefficient (Wildman–Crippen LogP) is 0.691. The van der Waals surface area contributed by atoms with Gasteiger partial charge in [0, 0.05) is 0 Å². The van der Waals surface area contributed by atoms with Crippen LogP contribution in [-0.2, 0) is 0 Å². The van der Waals surface area contributed by atoms with E-state index in [1.165, 1.54) is 0 Å². The first kappa shape index (κ1) is 5.72. The zero-order valence-electron chi connectivity index (χ0n) is 2.70. The Hall–Kier alpha value is -0.280. The molecule has 0 amide bonds. The third-order valence-electron chi connectivity index (χ3n) is 0.122. The van der Waals surface area contributed by atoms with Crippen LogP contribution in [0.1, 0.15) is 0 Å². The van der Waals surface area contributed by atoms with E-state index in [1.807, 2.05) is 0 Å². The van der Waals surface area contributed by atoms with Gasteiger partial charge in [0.1, 0.15) is 0 Å². The van der Waals surface area contributed by atoms with Gasteiger partial charge < -0.3 is 0 Å². The molecule has 0 aromatic rings. The van der Waals surface area contributed by atoms with Gasteiger partial charge in [-0.15, -0.1) is 0 Å². The minimum Gasteiger partial charge on any atom is -0.297 e. The fourth-order valence-electron chi connectivity index (χ4n) is 0. The summed E-state index contributed by atoms with van der Waals surface area (Å²) in [6.07, 6.45) is 0. The summed E-state index contributed by atoms with van der Waals surface area (Å²) in [6.45, 7) is 0. The van der Waals surface area contributed by atoms with Crippen LogP contribution in [0.15, 0.2) is 0 Å². The maximum Gasteiger partial charge on any atom is 0.191 e. The van der Waals surface area contributed by atoms with Crippen LogP contribution in [0, 0.1) is 10.7 Å². The van der Waals surface area contributed by atoms with Crippen LogP contribution in [-0.4, -0.2) is 13.7 Å². The lowest BCUT2D eigenvalue weighted by atomic mass is 11.8. The molecule has 4 nitrogen and oxygen atoms in total. The Morgan fingerprint density at radius 3 is 1.50 bits per heavy atom. The maximum absolute atomic E-state index is 7.66. The van der Waals surface area contributed by atoms with E-state index in [2.05, 4.69) is 0 Å². The second-order valence-electron chi connectivity index (χ2n) is 0.610. The first-order valence-corrected chi connectivity index (χ1v) is 2.48. The number of nitrogens with zero attached hydrogens (tertiary/aromatic N) is 1. The lowest BCUT2D eigenvalue weighted by Crippen LogP contribution is -1.86. The Labute approximate surface area is 36.2 Å². The van der Waals surface area contributed by atoms with Gasteiger partial charge in [0.05, 0.1) is 0 Å². The summed E-state index contributed by atoms with van der Waals surface area (Å²) in [4.78, 5) is 0. The minimum atomic E-state index is -3.86. The smallest absolute Gasteiger partial charge is 0.191 e. The molecule has 36 valence electrons. The van der Waals surface area contributed by atoms with Crippen molar-refractivity contribution in [2.45, 2.75) is 0 Å². The fourth-order valence-corrected chi connectivity index (χ4v) is 0. The van der Waals surface area contributed by atoms with Gasteiger partial charge in [-0.2, -0.15) is 5.26 Å². The monoisotopic (exact) mass is 109 g/mol. The van der Waals surface area contributed by atoms with E-state index in [1.54, 1.807) is 0 Å². The molecule has 0 aliphatic rings. The molecule has 3 N–H and O–H groups in total. The highest BCUT2D eigenvalue weighted by Gasteiger charge is 2.05. The van der Waals surface area contributed by atoms with Crippen LogP contribution < -0.4 is 0 Å². The van der Waals surface area contributed by atoms with E-state index in [9.17, 15) is 0 Å². The molecule has 5 heteroatoms. The molecule has 6 heavy (non-hydrogen) atoms. The summed E-state index contributed by atoms with van der Waals surface area (Å²) in [5, 5.41) is 8.29. The normalized spacial score (nSPS) is 13.0. The third-order valence-corrected chi connectivity index (χ3v) is 0.367. The molecule has 0 radical (unpaired) electrons. The number of hydrogen-bond acceptors (Lipinski definition) is 4. The quantitative estimate of drug-likeness (QED) is 0.399. The van der Waals surface area contributed by atoms with Crippen LogP contribution in [0.2, 0.25) is 0 Å². The SMILES string of the molecule is N#CS(O)(O)O. The second-order valence-corrected chi connectivity index (χ2v) is 1.83. The molecular weight excluding hydrogens is 106 g/mol. The van der Waals surface area contributed by atoms with Gasteiger partial charge in [-0.1, -0.05) is 0 Å². The van der Waals surface area contributed by atoms with Gasteiger partial charge in [-0.3, -0.25) is 13.7 Å². The Morgan fingerprint density at radius 2 is 1.50 bits per heavy atom. The van der Waals surface area contributed by atoms with Crippen molar-refractivity contribution in [2.24, 2.45) is 0 Å². The summed E-state index contributed by atoms with van der Waals surface area (Å²) in [5.74, 6) is 0. The molecule has 0 rings (SSSR count). The van der Waals surface area contributed by atoms with Crippen LogP contribution >= 0.6 is 10.9 Å². The highest BCUT2D eigenvalue weighted by Crippen LogP contribution is 2.28. The number of thiocyanates is 1. The topological polar surface area (TPSA) is 84.5 Å². The van der Waals surface area contributed by atoms with Crippen molar-refractivity contribution in [1.29, 1.82) is 5.26 Å². The Bertz CT molecular complexity index is 77.8. The number of nitriles is 1. The van der Waals surface area contributed by atoms with Crippen LogP contribution in [0.25, 0.3) is 0 Å². The summed E-state index contributed by atoms with van der Waals surface area (Å²) in [5.41, 5.74) is 0. The Kier molecular flexibility index (Phi) is 1.38. The van der Waals surface area contributed by atoms with Gasteiger partial charge in [-0.05, 0) is 0 Å². The molecule has 0 fully saturated rings. The average Bonchev–Trinajstić information content (AvgIpc) is 1.35. The minimum absolute atomic E-state index is 0.854. The van der Waals surface area contributed by atoms with Gasteiger partial charge in [-0.25, -0.2) is 0 Å². The van der Waals surface area contributed by atoms with Crippen LogP contribution in [0.4, 0.5) is 0 Å². The highest BCUT2D eigenvalue weighted by atomic mass is 32.3. The first-order valence-electron chi connectivity index (χ1n) is 0.975. The standard InChI is InChI=1S/CH3NO3S/c2-1-6(3,4)5/h3-5H. The van der Waals surface area contributed by atoms with Crippen molar-refractivity contribution < 1.29 is 13.7 Å². The molecule has 0 aliphatic carbocycles. The summed E-state index contributed by atoms with van der Waals surface area (Å²) in [6, 6.07) is 0. The molecule has 0 atom stereocenters. The number of rotatable bonds is 0. The van der Waals surface area contributed by atoms with E-state index in [0.29, 0.717) is 0 Å². The van der Waals surface area contributed by atoms with Gasteiger partial charge >= 0.3 is 0 Å². The third kappa shape index (κ3) is 3.72. The molecule has 0 saturated carbocycles. The van der Waals surface area contributed by atoms with Crippen LogP contribution in [0.5, 0.6) is 0 Å². The molecule has 0 aliphatic heterocycles. The summed E-state index contributed by atoms with van der Waals surface area (Å²) >= 11 is 0. The molecular formula is CH3NO3S. The number of hydrogen-bond donors (Lipinski definition) is 3. The zero-order valence-corrected chi connectivity index (χ0v) is 3.51. The van der Waals surface area contributed by atoms with E-state index in [4.69, 9.17) is 18.9 Å². The summed E-state index contributed by atoms with van der Waals surface area (Å²) < 4.78 is 23.0. The lowest BCUT2D eigenvalue weighted by Gasteiger charge is -2.03. The largest absolute Gasteiger partial charge is 0.297 e. The van der Waals surface area contributed by atoms with Crippen molar-refractivity contribution in [1.82, 2.24) is 0 Å². The van der Waals surface area contributed by atoms with Gasteiger partial charge in [0.15, 0.2) is 16.3 Å². The van der Waals surface area contributed by atoms with Crippen molar-refractivity contribution in [2.75, 3.05) is 0 Å². The first-order chi connectivity index (χ1) is 2.56. The molecule has 0 unspecified atom stereocenters. The van der Waals surface area contributed by atoms with Crippen molar-refractivity contribution in [3.05, 3.63) is 0 Å². The average molecular weight is 109 g/mol. The van der Waals surface area contributed by atoms with E-state index in [0.717, 1.165) is 5.40 Å². The lowest BCUT2D eigenvalue weighted by molar-refractivity contribution is 0.391. The molecule has 0 saturated heterocycles. The van der Waals surface area contributed by atoms with Gasteiger partial charge in [0.2, 0.25) is 0 Å². The molecule has 0 aromatic heterocycles. The molecule has 0 spiro atoms. The second kappa shape index (κ2) is 1.45. The van der Waals surface area contributed by atoms with Crippen molar-refractivity contribution in [3.8, 4) is 5.40 Å². The zero-order chi connectivity index (χ0) is 5.21. The predicted molar refractivity (Wildman–Crippen MR) is 21.1 cm³/mol. The summed E-state index contributed by atoms with van der Waals surface area (Å²) in [7, 11) is -3.86. The molecule has 0 heterocycles. The van der Waals surface area contributed by atoms with E-state index >= 15 is 0 Å². The maximum atomic E-state index is 7.66. The Morgan fingerprint density at radius 1 is 1.33 bits per heavy atom. The van der Waals surface area contributed by atoms with E-state index in [-0.39, 0.29) is 0 Å². The Balaban J connectivity index is 3.55. The van der Waals surface area contributed by atoms with Gasteiger partial charge in [0.25, 0.3) is 0 Å². The van der Waals surface area contributed by atoms with E-state index < -0.39 is 10.9 Å². The van der Waals surface area contributed by atoms with Crippen molar-refractivity contribution >= 4 is 10.9 Å². The fraction of sp³-hybridized carbons (Fsp3) is 0. The highest BCUT2D eigenvalue weighted by molar-refractivity contribution is 8.23.